The second-order valence-corrected chi connectivity index (χ2v) is 10.5. The number of carbonyl (C=O) groups is 5. The Morgan fingerprint density at radius 3 is 2.05 bits per heavy atom. The van der Waals surface area contributed by atoms with Crippen LogP contribution in [0.5, 0.6) is 0 Å². The third-order valence-corrected chi connectivity index (χ3v) is 6.14. The zero-order valence-corrected chi connectivity index (χ0v) is 23.9. The van der Waals surface area contributed by atoms with Crippen molar-refractivity contribution in [2.75, 3.05) is 7.11 Å². The number of unbranched alkanes of at least 4 members (excludes halogenated alkanes) is 2. The van der Waals surface area contributed by atoms with Crippen molar-refractivity contribution >= 4 is 29.3 Å². The molecule has 0 aliphatic carbocycles. The Balaban J connectivity index is 5.56. The molecule has 0 saturated heterocycles. The summed E-state index contributed by atoms with van der Waals surface area (Å²) < 4.78 is 20.1. The number of amides is 3. The molecule has 2 N–H and O–H groups in total. The van der Waals surface area contributed by atoms with Crippen LogP contribution < -0.4 is 10.6 Å². The molecule has 9 nitrogen and oxygen atoms in total. The fourth-order valence-corrected chi connectivity index (χ4v) is 3.94. The average molecular weight is 530 g/mol. The van der Waals surface area contributed by atoms with Crippen LogP contribution in [0.2, 0.25) is 0 Å². The van der Waals surface area contributed by atoms with Crippen molar-refractivity contribution in [1.82, 2.24) is 15.8 Å². The highest BCUT2D eigenvalue weighted by molar-refractivity contribution is 5.92. The lowest BCUT2D eigenvalue weighted by Gasteiger charge is -2.29. The fourth-order valence-electron chi connectivity index (χ4n) is 3.94. The standard InChI is InChI=1S/C27H48FN3O6/c1-9-10-11-12-24(34)31(28)25(18(4)5)27(36)29-21(14-13-19(6)32)16-23(33)30-22(15-17(2)3)26(35)20(7)37-8/h17-18,20-22,25H,9-16H2,1-8H3,(H,29,36)(H,30,33)/t20?,21-,22?,25?/m0/s1. The van der Waals surface area contributed by atoms with Crippen LogP contribution in [0.25, 0.3) is 0 Å². The third-order valence-electron chi connectivity index (χ3n) is 6.14. The molecule has 0 aromatic rings. The molecule has 0 radical (unpaired) electrons. The molecular weight excluding hydrogens is 481 g/mol. The van der Waals surface area contributed by atoms with E-state index in [1.54, 1.807) is 20.8 Å². The number of ketones is 2. The number of nitrogens with zero attached hydrogens (tertiary/aromatic N) is 1. The van der Waals surface area contributed by atoms with Gasteiger partial charge >= 0.3 is 0 Å². The summed E-state index contributed by atoms with van der Waals surface area (Å²) in [5, 5.41) is 5.39. The zero-order valence-electron chi connectivity index (χ0n) is 23.9. The summed E-state index contributed by atoms with van der Waals surface area (Å²) in [6, 6.07) is -2.91. The highest BCUT2D eigenvalue weighted by atomic mass is 19.2. The van der Waals surface area contributed by atoms with E-state index in [4.69, 9.17) is 4.74 Å². The summed E-state index contributed by atoms with van der Waals surface area (Å²) >= 11 is 0. The molecule has 0 aliphatic heterocycles. The van der Waals surface area contributed by atoms with E-state index in [9.17, 15) is 28.5 Å². The summed E-state index contributed by atoms with van der Waals surface area (Å²) in [6.45, 7) is 12.1. The van der Waals surface area contributed by atoms with Crippen molar-refractivity contribution in [1.29, 1.82) is 0 Å². The Hall–Kier alpha value is -2.36. The summed E-state index contributed by atoms with van der Waals surface area (Å²) in [7, 11) is 1.41. The van der Waals surface area contributed by atoms with Crippen molar-refractivity contribution in [3.63, 3.8) is 0 Å². The number of rotatable bonds is 19. The maximum Gasteiger partial charge on any atom is 0.250 e. The second kappa shape index (κ2) is 18.0. The summed E-state index contributed by atoms with van der Waals surface area (Å²) in [4.78, 5) is 62.6. The van der Waals surface area contributed by atoms with E-state index in [1.165, 1.54) is 14.0 Å². The number of hydrogen-bond acceptors (Lipinski definition) is 6. The number of nitrogens with one attached hydrogen (secondary N) is 2. The quantitative estimate of drug-likeness (QED) is 0.194. The molecule has 0 heterocycles. The smallest absolute Gasteiger partial charge is 0.250 e. The first-order valence-corrected chi connectivity index (χ1v) is 13.4. The molecule has 4 atom stereocenters. The van der Waals surface area contributed by atoms with E-state index in [0.717, 1.165) is 12.8 Å². The van der Waals surface area contributed by atoms with Crippen molar-refractivity contribution in [2.45, 2.75) is 124 Å². The number of Topliss-reactive ketones (excluding diaryl/α,β-unsaturated/α-hetero) is 2. The van der Waals surface area contributed by atoms with Gasteiger partial charge in [0.25, 0.3) is 5.91 Å². The van der Waals surface area contributed by atoms with E-state index < -0.39 is 47.9 Å². The number of carbonyl (C=O) groups excluding carboxylic acids is 5. The number of hydrogen-bond donors (Lipinski definition) is 2. The highest BCUT2D eigenvalue weighted by Crippen LogP contribution is 2.17. The first kappa shape index (κ1) is 34.6. The van der Waals surface area contributed by atoms with Crippen molar-refractivity contribution in [3.05, 3.63) is 0 Å². The van der Waals surface area contributed by atoms with Gasteiger partial charge in [-0.15, -0.1) is 0 Å². The Morgan fingerprint density at radius 1 is 0.946 bits per heavy atom. The maximum atomic E-state index is 14.9. The molecule has 10 heteroatoms. The molecule has 0 fully saturated rings. The lowest BCUT2D eigenvalue weighted by Crippen LogP contribution is -2.53. The first-order chi connectivity index (χ1) is 17.2. The second-order valence-electron chi connectivity index (χ2n) is 10.5. The summed E-state index contributed by atoms with van der Waals surface area (Å²) in [6.07, 6.45) is 1.96. The van der Waals surface area contributed by atoms with E-state index in [1.807, 2.05) is 20.8 Å². The average Bonchev–Trinajstić information content (AvgIpc) is 2.80. The summed E-state index contributed by atoms with van der Waals surface area (Å²) in [5.41, 5.74) is 0. The van der Waals surface area contributed by atoms with Gasteiger partial charge in [-0.3, -0.25) is 19.2 Å². The zero-order chi connectivity index (χ0) is 28.7. The predicted molar refractivity (Wildman–Crippen MR) is 140 cm³/mol. The van der Waals surface area contributed by atoms with Crippen LogP contribution in [0.1, 0.15) is 99.8 Å². The largest absolute Gasteiger partial charge is 0.374 e. The van der Waals surface area contributed by atoms with Crippen LogP contribution in [0.15, 0.2) is 0 Å². The van der Waals surface area contributed by atoms with Gasteiger partial charge < -0.3 is 20.2 Å². The first-order valence-electron chi connectivity index (χ1n) is 13.4. The molecule has 0 rings (SSSR count). The molecule has 3 amide bonds. The van der Waals surface area contributed by atoms with Crippen LogP contribution in [0.4, 0.5) is 4.48 Å². The lowest BCUT2D eigenvalue weighted by molar-refractivity contribution is -0.161. The van der Waals surface area contributed by atoms with Crippen molar-refractivity contribution < 1.29 is 33.2 Å². The predicted octanol–water partition coefficient (Wildman–Crippen LogP) is 3.68. The van der Waals surface area contributed by atoms with E-state index >= 15 is 0 Å². The lowest BCUT2D eigenvalue weighted by atomic mass is 9.97. The van der Waals surface area contributed by atoms with Gasteiger partial charge in [-0.05, 0) is 44.9 Å². The third kappa shape index (κ3) is 13.7. The van der Waals surface area contributed by atoms with E-state index in [0.29, 0.717) is 12.8 Å². The van der Waals surface area contributed by atoms with Crippen LogP contribution in [0.3, 0.4) is 0 Å². The number of halogens is 1. The van der Waals surface area contributed by atoms with Gasteiger partial charge in [0.1, 0.15) is 17.9 Å². The van der Waals surface area contributed by atoms with Crippen LogP contribution in [-0.4, -0.2) is 65.7 Å². The minimum absolute atomic E-state index is 0.00216. The molecule has 214 valence electrons. The van der Waals surface area contributed by atoms with Crippen LogP contribution >= 0.6 is 0 Å². The number of ether oxygens (including phenoxy) is 1. The molecule has 0 saturated carbocycles. The SMILES string of the molecule is CCCCCC(=O)N(F)C(C(=O)N[C@@H](CCC(C)=O)CC(=O)NC(CC(C)C)C(=O)C(C)OC)C(C)C. The molecule has 3 unspecified atom stereocenters. The van der Waals surface area contributed by atoms with Gasteiger partial charge in [0, 0.05) is 32.4 Å². The van der Waals surface area contributed by atoms with Gasteiger partial charge in [0.15, 0.2) is 5.78 Å². The van der Waals surface area contributed by atoms with Gasteiger partial charge in [-0.25, -0.2) is 0 Å². The highest BCUT2D eigenvalue weighted by Gasteiger charge is 2.35. The Labute approximate surface area is 221 Å². The Bertz CT molecular complexity index is 758. The van der Waals surface area contributed by atoms with Gasteiger partial charge in [-0.1, -0.05) is 51.9 Å². The molecule has 0 bridgehead atoms. The number of methoxy groups -OCH3 is 1. The maximum absolute atomic E-state index is 14.9. The monoisotopic (exact) mass is 529 g/mol. The van der Waals surface area contributed by atoms with Gasteiger partial charge in [0.2, 0.25) is 11.8 Å². The van der Waals surface area contributed by atoms with Gasteiger partial charge in [0.05, 0.1) is 6.04 Å². The molecular formula is C27H48FN3O6. The minimum Gasteiger partial charge on any atom is -0.374 e. The molecule has 0 aliphatic rings. The summed E-state index contributed by atoms with van der Waals surface area (Å²) in [5.74, 6) is -2.75. The fraction of sp³-hybridized carbons (Fsp3) is 0.815. The van der Waals surface area contributed by atoms with E-state index in [2.05, 4.69) is 10.6 Å². The van der Waals surface area contributed by atoms with Crippen molar-refractivity contribution in [2.24, 2.45) is 11.8 Å². The Morgan fingerprint density at radius 2 is 1.57 bits per heavy atom. The topological polar surface area (TPSA) is 122 Å². The molecule has 37 heavy (non-hydrogen) atoms. The van der Waals surface area contributed by atoms with Gasteiger partial charge in [-0.2, -0.15) is 5.12 Å². The Kier molecular flexibility index (Phi) is 16.8. The molecule has 0 aromatic carbocycles. The van der Waals surface area contributed by atoms with Crippen molar-refractivity contribution in [3.8, 4) is 0 Å². The normalized spacial score (nSPS) is 14.6. The van der Waals surface area contributed by atoms with Crippen LogP contribution in [-0.2, 0) is 28.7 Å². The van der Waals surface area contributed by atoms with E-state index in [-0.39, 0.29) is 48.3 Å². The molecule has 0 aromatic heterocycles. The molecule has 0 spiro atoms. The minimum atomic E-state index is -1.37. The van der Waals surface area contributed by atoms with Crippen LogP contribution in [0, 0.1) is 11.8 Å².